The first-order valence-corrected chi connectivity index (χ1v) is 11.1. The van der Waals surface area contributed by atoms with Crippen molar-refractivity contribution in [3.8, 4) is 11.8 Å². The van der Waals surface area contributed by atoms with E-state index in [0.717, 1.165) is 0 Å². The van der Waals surface area contributed by atoms with Crippen LogP contribution in [0.3, 0.4) is 0 Å². The highest BCUT2D eigenvalue weighted by atomic mass is 28.4. The zero-order chi connectivity index (χ0) is 18.4. The van der Waals surface area contributed by atoms with E-state index in [9.17, 15) is 10.2 Å². The van der Waals surface area contributed by atoms with E-state index in [2.05, 4.69) is 53.4 Å². The molecule has 0 heterocycles. The van der Waals surface area contributed by atoms with Crippen LogP contribution in [-0.2, 0) is 4.43 Å². The van der Waals surface area contributed by atoms with Crippen LogP contribution in [0.1, 0.15) is 62.3 Å². The first kappa shape index (κ1) is 22.7. The zero-order valence-corrected chi connectivity index (χ0v) is 17.6. The van der Waals surface area contributed by atoms with Crippen LogP contribution in [0.15, 0.2) is 0 Å². The van der Waals surface area contributed by atoms with Crippen molar-refractivity contribution < 1.29 is 14.6 Å². The van der Waals surface area contributed by atoms with Gasteiger partial charge in [-0.15, -0.1) is 5.92 Å². The molecule has 0 aliphatic carbocycles. The first-order chi connectivity index (χ1) is 10.5. The number of aliphatic hydroxyl groups excluding tert-OH is 2. The van der Waals surface area contributed by atoms with Crippen LogP contribution in [0.5, 0.6) is 0 Å². The maximum atomic E-state index is 10.6. The van der Waals surface area contributed by atoms with E-state index in [-0.39, 0.29) is 11.8 Å². The molecule has 0 bridgehead atoms. The highest BCUT2D eigenvalue weighted by molar-refractivity contribution is 6.77. The fraction of sp³-hybridized carbons (Fsp3) is 0.895. The summed E-state index contributed by atoms with van der Waals surface area (Å²) in [4.78, 5) is 0. The van der Waals surface area contributed by atoms with Crippen LogP contribution >= 0.6 is 0 Å². The van der Waals surface area contributed by atoms with Gasteiger partial charge in [0.15, 0.2) is 8.32 Å². The fourth-order valence-corrected chi connectivity index (χ4v) is 9.44. The van der Waals surface area contributed by atoms with Crippen molar-refractivity contribution in [2.75, 3.05) is 6.61 Å². The monoisotopic (exact) mass is 342 g/mol. The van der Waals surface area contributed by atoms with Gasteiger partial charge in [-0.3, -0.25) is 0 Å². The van der Waals surface area contributed by atoms with Crippen LogP contribution in [0.4, 0.5) is 0 Å². The van der Waals surface area contributed by atoms with Gasteiger partial charge in [-0.05, 0) is 30.5 Å². The molecule has 0 saturated carbocycles. The topological polar surface area (TPSA) is 49.7 Å². The molecule has 0 amide bonds. The molecule has 0 spiro atoms. The molecule has 0 radical (unpaired) electrons. The molecule has 0 aliphatic rings. The number of hydrogen-bond donors (Lipinski definition) is 2. The number of rotatable bonds is 9. The fourth-order valence-electron chi connectivity index (χ4n) is 3.98. The summed E-state index contributed by atoms with van der Waals surface area (Å²) in [5.74, 6) is 5.53. The minimum Gasteiger partial charge on any atom is -0.413 e. The van der Waals surface area contributed by atoms with E-state index >= 15 is 0 Å². The van der Waals surface area contributed by atoms with E-state index in [1.807, 2.05) is 6.92 Å². The van der Waals surface area contributed by atoms with E-state index in [4.69, 9.17) is 4.43 Å². The Morgan fingerprint density at radius 2 is 1.30 bits per heavy atom. The molecule has 0 aromatic heterocycles. The van der Waals surface area contributed by atoms with Gasteiger partial charge in [0.25, 0.3) is 0 Å². The van der Waals surface area contributed by atoms with Gasteiger partial charge in [0.05, 0.1) is 24.7 Å². The Hall–Kier alpha value is -0.343. The largest absolute Gasteiger partial charge is 0.413 e. The SMILES string of the molecule is CC#C[C@H]([C@H](C)[C@@H](O)CO[Si](C(C)C)(C(C)C)C(C)C)[C@H](C)O. The summed E-state index contributed by atoms with van der Waals surface area (Å²) in [5.41, 5.74) is 1.48. The lowest BCUT2D eigenvalue weighted by Crippen LogP contribution is -2.50. The Balaban J connectivity index is 5.13. The minimum absolute atomic E-state index is 0.124. The molecule has 0 rings (SSSR count). The summed E-state index contributed by atoms with van der Waals surface area (Å²) in [6, 6.07) is 0. The summed E-state index contributed by atoms with van der Waals surface area (Å²) in [7, 11) is -1.98. The van der Waals surface area contributed by atoms with Crippen molar-refractivity contribution in [1.82, 2.24) is 0 Å². The van der Waals surface area contributed by atoms with Gasteiger partial charge in [0.2, 0.25) is 0 Å². The highest BCUT2D eigenvalue weighted by Gasteiger charge is 2.45. The Morgan fingerprint density at radius 3 is 1.61 bits per heavy atom. The van der Waals surface area contributed by atoms with Crippen LogP contribution < -0.4 is 0 Å². The number of hydrogen-bond acceptors (Lipinski definition) is 3. The van der Waals surface area contributed by atoms with Crippen LogP contribution in [0, 0.1) is 23.7 Å². The molecule has 0 unspecified atom stereocenters. The van der Waals surface area contributed by atoms with E-state index in [1.165, 1.54) is 0 Å². The quantitative estimate of drug-likeness (QED) is 0.488. The first-order valence-electron chi connectivity index (χ1n) is 8.94. The van der Waals surface area contributed by atoms with Crippen LogP contribution in [-0.4, -0.2) is 37.3 Å². The zero-order valence-electron chi connectivity index (χ0n) is 16.6. The molecule has 3 nitrogen and oxygen atoms in total. The molecular formula is C19H38O3Si. The predicted molar refractivity (Wildman–Crippen MR) is 101 cm³/mol. The van der Waals surface area contributed by atoms with Crippen molar-refractivity contribution in [1.29, 1.82) is 0 Å². The average molecular weight is 343 g/mol. The number of aliphatic hydroxyl groups is 2. The lowest BCUT2D eigenvalue weighted by molar-refractivity contribution is 0.0147. The maximum absolute atomic E-state index is 10.6. The van der Waals surface area contributed by atoms with Crippen molar-refractivity contribution in [2.45, 2.75) is 91.1 Å². The standard InChI is InChI=1S/C19H38O3Si/c1-10-11-18(17(9)20)16(8)19(21)12-22-23(13(2)3,14(4)5)15(6)7/h13-21H,12H2,1-9H3/t16-,17-,18+,19-/m0/s1. The molecule has 0 saturated heterocycles. The molecule has 136 valence electrons. The second-order valence-electron chi connectivity index (χ2n) is 7.72. The second kappa shape index (κ2) is 9.83. The minimum atomic E-state index is -1.98. The van der Waals surface area contributed by atoms with Gasteiger partial charge in [-0.25, -0.2) is 0 Å². The summed E-state index contributed by atoms with van der Waals surface area (Å²) < 4.78 is 6.46. The van der Waals surface area contributed by atoms with Gasteiger partial charge in [-0.1, -0.05) is 54.4 Å². The molecule has 4 atom stereocenters. The molecule has 0 aromatic rings. The smallest absolute Gasteiger partial charge is 0.200 e. The third-order valence-corrected chi connectivity index (χ3v) is 11.3. The van der Waals surface area contributed by atoms with Gasteiger partial charge in [0, 0.05) is 5.92 Å². The Morgan fingerprint density at radius 1 is 0.870 bits per heavy atom. The highest BCUT2D eigenvalue weighted by Crippen LogP contribution is 2.42. The van der Waals surface area contributed by atoms with Crippen molar-refractivity contribution >= 4 is 8.32 Å². The summed E-state index contributed by atoms with van der Waals surface area (Å²) in [5, 5.41) is 20.5. The predicted octanol–water partition coefficient (Wildman–Crippen LogP) is 4.20. The molecular weight excluding hydrogens is 304 g/mol. The van der Waals surface area contributed by atoms with E-state index < -0.39 is 20.5 Å². The molecule has 0 aromatic carbocycles. The summed E-state index contributed by atoms with van der Waals surface area (Å²) in [6.07, 6.45) is -1.17. The lowest BCUT2D eigenvalue weighted by atomic mass is 9.86. The van der Waals surface area contributed by atoms with E-state index in [1.54, 1.807) is 13.8 Å². The van der Waals surface area contributed by atoms with Crippen LogP contribution in [0.2, 0.25) is 16.6 Å². The van der Waals surface area contributed by atoms with E-state index in [0.29, 0.717) is 23.2 Å². The van der Waals surface area contributed by atoms with Gasteiger partial charge in [0.1, 0.15) is 0 Å². The summed E-state index contributed by atoms with van der Waals surface area (Å²) in [6.45, 7) is 19.2. The van der Waals surface area contributed by atoms with Gasteiger partial charge < -0.3 is 14.6 Å². The molecule has 0 aliphatic heterocycles. The second-order valence-corrected chi connectivity index (χ2v) is 13.2. The maximum Gasteiger partial charge on any atom is 0.200 e. The van der Waals surface area contributed by atoms with Crippen molar-refractivity contribution in [3.05, 3.63) is 0 Å². The molecule has 2 N–H and O–H groups in total. The van der Waals surface area contributed by atoms with Crippen molar-refractivity contribution in [3.63, 3.8) is 0 Å². The molecule has 23 heavy (non-hydrogen) atoms. The Kier molecular flexibility index (Phi) is 9.69. The lowest BCUT2D eigenvalue weighted by Gasteiger charge is -2.43. The van der Waals surface area contributed by atoms with Gasteiger partial charge in [-0.2, -0.15) is 0 Å². The third kappa shape index (κ3) is 5.60. The molecule has 4 heteroatoms. The Bertz CT molecular complexity index is 371. The average Bonchev–Trinajstić information content (AvgIpc) is 2.42. The Labute approximate surface area is 145 Å². The normalized spacial score (nSPS) is 17.8. The van der Waals surface area contributed by atoms with Gasteiger partial charge >= 0.3 is 0 Å². The third-order valence-electron chi connectivity index (χ3n) is 5.22. The summed E-state index contributed by atoms with van der Waals surface area (Å²) >= 11 is 0. The van der Waals surface area contributed by atoms with Crippen molar-refractivity contribution in [2.24, 2.45) is 11.8 Å². The molecule has 0 fully saturated rings. The van der Waals surface area contributed by atoms with Crippen LogP contribution in [0.25, 0.3) is 0 Å².